The first-order valence-electron chi connectivity index (χ1n) is 8.63. The maximum absolute atomic E-state index is 12.4. The van der Waals surface area contributed by atoms with Crippen LogP contribution in [-0.4, -0.2) is 31.4 Å². The number of hydrogen-bond acceptors (Lipinski definition) is 3. The van der Waals surface area contributed by atoms with Crippen LogP contribution in [0.15, 0.2) is 24.3 Å². The zero-order chi connectivity index (χ0) is 16.1. The number of carbonyl (C=O) groups excluding carboxylic acids is 2. The fourth-order valence-corrected chi connectivity index (χ4v) is 3.55. The molecule has 124 valence electrons. The Kier molecular flexibility index (Phi) is 5.16. The molecule has 2 amide bonds. The zero-order valence-corrected chi connectivity index (χ0v) is 13.5. The molecule has 1 aromatic carbocycles. The van der Waals surface area contributed by atoms with Crippen LogP contribution < -0.4 is 15.5 Å². The van der Waals surface area contributed by atoms with Crippen LogP contribution in [0.25, 0.3) is 0 Å². The predicted molar refractivity (Wildman–Crippen MR) is 91.5 cm³/mol. The largest absolute Gasteiger partial charge is 0.359 e. The maximum atomic E-state index is 12.4. The molecule has 3 rings (SSSR count). The van der Waals surface area contributed by atoms with Crippen molar-refractivity contribution in [1.29, 1.82) is 0 Å². The Balaban J connectivity index is 1.65. The number of amides is 2. The summed E-state index contributed by atoms with van der Waals surface area (Å²) in [5.41, 5.74) is 1.74. The van der Waals surface area contributed by atoms with Crippen LogP contribution in [0.1, 0.15) is 38.5 Å². The Labute approximate surface area is 137 Å². The molecule has 0 unspecified atom stereocenters. The van der Waals surface area contributed by atoms with E-state index in [-0.39, 0.29) is 11.8 Å². The average Bonchev–Trinajstić information content (AvgIpc) is 2.56. The minimum absolute atomic E-state index is 0.0274. The van der Waals surface area contributed by atoms with Crippen LogP contribution >= 0.6 is 0 Å². The normalized spacial score (nSPS) is 19.3. The third kappa shape index (κ3) is 4.24. The van der Waals surface area contributed by atoms with Crippen LogP contribution in [0, 0.1) is 5.92 Å². The third-order valence-electron chi connectivity index (χ3n) is 4.76. The molecule has 0 radical (unpaired) electrons. The third-order valence-corrected chi connectivity index (χ3v) is 4.76. The lowest BCUT2D eigenvalue weighted by atomic mass is 9.87. The van der Waals surface area contributed by atoms with E-state index >= 15 is 0 Å². The first kappa shape index (κ1) is 15.8. The van der Waals surface area contributed by atoms with E-state index < -0.39 is 0 Å². The number of para-hydroxylation sites is 2. The van der Waals surface area contributed by atoms with Gasteiger partial charge in [0.2, 0.25) is 11.8 Å². The van der Waals surface area contributed by atoms with Gasteiger partial charge < -0.3 is 15.5 Å². The molecule has 0 atom stereocenters. The molecule has 5 nitrogen and oxygen atoms in total. The molecule has 2 aliphatic rings. The van der Waals surface area contributed by atoms with Crippen LogP contribution in [-0.2, 0) is 9.59 Å². The highest BCUT2D eigenvalue weighted by molar-refractivity contribution is 5.95. The molecule has 1 saturated heterocycles. The van der Waals surface area contributed by atoms with Gasteiger partial charge in [0.05, 0.1) is 17.9 Å². The molecule has 1 aliphatic heterocycles. The van der Waals surface area contributed by atoms with E-state index in [9.17, 15) is 9.59 Å². The Morgan fingerprint density at radius 2 is 2.00 bits per heavy atom. The Morgan fingerprint density at radius 1 is 1.22 bits per heavy atom. The summed E-state index contributed by atoms with van der Waals surface area (Å²) in [4.78, 5) is 26.0. The van der Waals surface area contributed by atoms with E-state index in [1.54, 1.807) is 0 Å². The van der Waals surface area contributed by atoms with Gasteiger partial charge in [-0.3, -0.25) is 9.59 Å². The molecule has 0 aromatic heterocycles. The van der Waals surface area contributed by atoms with Crippen molar-refractivity contribution in [3.8, 4) is 0 Å². The van der Waals surface area contributed by atoms with Gasteiger partial charge in [-0.05, 0) is 30.9 Å². The Bertz CT molecular complexity index is 567. The van der Waals surface area contributed by atoms with E-state index in [0.29, 0.717) is 25.4 Å². The van der Waals surface area contributed by atoms with Crippen molar-refractivity contribution in [2.45, 2.75) is 38.5 Å². The molecular weight excluding hydrogens is 290 g/mol. The predicted octanol–water partition coefficient (Wildman–Crippen LogP) is 2.53. The summed E-state index contributed by atoms with van der Waals surface area (Å²) in [6.45, 7) is 1.75. The van der Waals surface area contributed by atoms with Gasteiger partial charge in [-0.25, -0.2) is 0 Å². The number of piperazine rings is 1. The molecule has 1 aromatic rings. The number of anilines is 2. The Morgan fingerprint density at radius 3 is 2.78 bits per heavy atom. The van der Waals surface area contributed by atoms with Crippen molar-refractivity contribution in [3.63, 3.8) is 0 Å². The highest BCUT2D eigenvalue weighted by Gasteiger charge is 2.21. The number of nitrogens with one attached hydrogen (secondary N) is 2. The second-order valence-corrected chi connectivity index (χ2v) is 6.54. The Hall–Kier alpha value is -2.04. The second kappa shape index (κ2) is 7.49. The molecule has 1 aliphatic carbocycles. The van der Waals surface area contributed by atoms with Gasteiger partial charge in [-0.2, -0.15) is 0 Å². The highest BCUT2D eigenvalue weighted by atomic mass is 16.2. The molecule has 23 heavy (non-hydrogen) atoms. The van der Waals surface area contributed by atoms with E-state index in [0.717, 1.165) is 17.9 Å². The lowest BCUT2D eigenvalue weighted by Gasteiger charge is -2.30. The first-order valence-corrected chi connectivity index (χ1v) is 8.63. The van der Waals surface area contributed by atoms with Crippen LogP contribution in [0.2, 0.25) is 0 Å². The van der Waals surface area contributed by atoms with Gasteiger partial charge in [-0.1, -0.05) is 31.4 Å². The summed E-state index contributed by atoms with van der Waals surface area (Å²) in [5.74, 6) is 0.641. The minimum atomic E-state index is 0.0274. The summed E-state index contributed by atoms with van der Waals surface area (Å²) in [7, 11) is 0. The van der Waals surface area contributed by atoms with E-state index in [1.807, 2.05) is 29.2 Å². The molecule has 1 saturated carbocycles. The number of benzene rings is 1. The standard InChI is InChI=1S/C18H25N3O2/c22-17(12-14-6-2-1-3-7-14)20-15-8-4-5-9-16(15)21-11-10-19-18(23)13-21/h4-5,8-9,14H,1-3,6-7,10-13H2,(H,19,23)(H,20,22). The monoisotopic (exact) mass is 315 g/mol. The average molecular weight is 315 g/mol. The van der Waals surface area contributed by atoms with E-state index in [4.69, 9.17) is 0 Å². The molecule has 0 bridgehead atoms. The van der Waals surface area contributed by atoms with Gasteiger partial charge in [0.25, 0.3) is 0 Å². The second-order valence-electron chi connectivity index (χ2n) is 6.54. The quantitative estimate of drug-likeness (QED) is 0.897. The maximum Gasteiger partial charge on any atom is 0.239 e. The van der Waals surface area contributed by atoms with E-state index in [1.165, 1.54) is 32.1 Å². The van der Waals surface area contributed by atoms with Crippen molar-refractivity contribution < 1.29 is 9.59 Å². The number of carbonyl (C=O) groups is 2. The van der Waals surface area contributed by atoms with Gasteiger partial charge in [-0.15, -0.1) is 0 Å². The lowest BCUT2D eigenvalue weighted by molar-refractivity contribution is -0.120. The van der Waals surface area contributed by atoms with Crippen LogP contribution in [0.3, 0.4) is 0 Å². The van der Waals surface area contributed by atoms with Gasteiger partial charge in [0.1, 0.15) is 0 Å². The van der Waals surface area contributed by atoms with Gasteiger partial charge >= 0.3 is 0 Å². The first-order chi connectivity index (χ1) is 11.2. The molecule has 0 spiro atoms. The number of hydrogen-bond donors (Lipinski definition) is 2. The van der Waals surface area contributed by atoms with E-state index in [2.05, 4.69) is 10.6 Å². The SMILES string of the molecule is O=C1CN(c2ccccc2NC(=O)CC2CCCCC2)CCN1. The smallest absolute Gasteiger partial charge is 0.239 e. The molecule has 5 heteroatoms. The zero-order valence-electron chi connectivity index (χ0n) is 13.5. The van der Waals surface area contributed by atoms with Gasteiger partial charge in [0, 0.05) is 19.5 Å². The summed E-state index contributed by atoms with van der Waals surface area (Å²) in [6, 6.07) is 7.75. The van der Waals surface area contributed by atoms with Gasteiger partial charge in [0.15, 0.2) is 0 Å². The topological polar surface area (TPSA) is 61.4 Å². The molecule has 2 N–H and O–H groups in total. The number of rotatable bonds is 4. The van der Waals surface area contributed by atoms with Crippen molar-refractivity contribution in [2.24, 2.45) is 5.92 Å². The van der Waals surface area contributed by atoms with Crippen LogP contribution in [0.5, 0.6) is 0 Å². The summed E-state index contributed by atoms with van der Waals surface area (Å²) in [6.07, 6.45) is 6.74. The fourth-order valence-electron chi connectivity index (χ4n) is 3.55. The highest BCUT2D eigenvalue weighted by Crippen LogP contribution is 2.29. The molecule has 1 heterocycles. The summed E-state index contributed by atoms with van der Waals surface area (Å²) in [5, 5.41) is 5.89. The summed E-state index contributed by atoms with van der Waals surface area (Å²) < 4.78 is 0. The van der Waals surface area contributed by atoms with Crippen LogP contribution in [0.4, 0.5) is 11.4 Å². The number of nitrogens with zero attached hydrogens (tertiary/aromatic N) is 1. The van der Waals surface area contributed by atoms with Crippen molar-refractivity contribution in [1.82, 2.24) is 5.32 Å². The molecular formula is C18H25N3O2. The van der Waals surface area contributed by atoms with Crippen molar-refractivity contribution in [3.05, 3.63) is 24.3 Å². The molecule has 2 fully saturated rings. The fraction of sp³-hybridized carbons (Fsp3) is 0.556. The minimum Gasteiger partial charge on any atom is -0.359 e. The van der Waals surface area contributed by atoms with Crippen molar-refractivity contribution in [2.75, 3.05) is 29.9 Å². The lowest BCUT2D eigenvalue weighted by Crippen LogP contribution is -2.47. The summed E-state index contributed by atoms with van der Waals surface area (Å²) >= 11 is 0. The van der Waals surface area contributed by atoms with Crippen molar-refractivity contribution >= 4 is 23.2 Å².